The van der Waals surface area contributed by atoms with Crippen LogP contribution in [0.25, 0.3) is 0 Å². The molecule has 0 fully saturated rings. The van der Waals surface area contributed by atoms with Gasteiger partial charge in [0.15, 0.2) is 16.9 Å². The predicted octanol–water partition coefficient (Wildman–Crippen LogP) is 3.09. The molecule has 1 rings (SSSR count). The number of ether oxygens (including phenoxy) is 1. The molecule has 1 aromatic rings. The van der Waals surface area contributed by atoms with Gasteiger partial charge in [0.2, 0.25) is 5.28 Å². The molecule has 7 heteroatoms. The second kappa shape index (κ2) is 6.02. The first-order chi connectivity index (χ1) is 7.95. The molecule has 0 saturated carbocycles. The summed E-state index contributed by atoms with van der Waals surface area (Å²) < 4.78 is 5.39. The van der Waals surface area contributed by atoms with E-state index in [9.17, 15) is 0 Å². The molecule has 1 aromatic heterocycles. The zero-order valence-electron chi connectivity index (χ0n) is 9.87. The van der Waals surface area contributed by atoms with E-state index in [0.29, 0.717) is 12.5 Å². The minimum Gasteiger partial charge on any atom is -0.481 e. The summed E-state index contributed by atoms with van der Waals surface area (Å²) in [7, 11) is 0. The van der Waals surface area contributed by atoms with Crippen molar-refractivity contribution in [3.63, 3.8) is 0 Å². The van der Waals surface area contributed by atoms with Gasteiger partial charge < -0.3 is 10.5 Å². The third-order valence-corrected chi connectivity index (χ3v) is 2.28. The Balaban J connectivity index is 3.19. The molecule has 2 N–H and O–H groups in total. The lowest BCUT2D eigenvalue weighted by molar-refractivity contribution is 0.306. The van der Waals surface area contributed by atoms with Crippen LogP contribution in [0.1, 0.15) is 20.8 Å². The van der Waals surface area contributed by atoms with Crippen LogP contribution in [0.5, 0.6) is 0 Å². The summed E-state index contributed by atoms with van der Waals surface area (Å²) in [5.41, 5.74) is 5.97. The number of aromatic nitrogens is 2. The molecule has 0 atom stereocenters. The lowest BCUT2D eigenvalue weighted by Gasteiger charge is -2.11. The van der Waals surface area contributed by atoms with Crippen LogP contribution in [0.15, 0.2) is 4.99 Å². The number of anilines is 1. The van der Waals surface area contributed by atoms with Crippen LogP contribution >= 0.6 is 23.2 Å². The Hall–Kier alpha value is -1.07. The summed E-state index contributed by atoms with van der Waals surface area (Å²) in [6, 6.07) is 0. The number of halogens is 2. The van der Waals surface area contributed by atoms with Crippen LogP contribution in [0.4, 0.5) is 11.5 Å². The number of hydrogen-bond acceptors (Lipinski definition) is 5. The van der Waals surface area contributed by atoms with Gasteiger partial charge in [-0.25, -0.2) is 9.98 Å². The van der Waals surface area contributed by atoms with Crippen LogP contribution in [0.3, 0.4) is 0 Å². The minimum atomic E-state index is -0.00560. The highest BCUT2D eigenvalue weighted by Crippen LogP contribution is 2.30. The second-order valence-corrected chi connectivity index (χ2v) is 4.25. The van der Waals surface area contributed by atoms with Gasteiger partial charge in [0.1, 0.15) is 5.69 Å². The van der Waals surface area contributed by atoms with Gasteiger partial charge in [0.05, 0.1) is 6.61 Å². The third kappa shape index (κ3) is 3.71. The Morgan fingerprint density at radius 2 is 2.06 bits per heavy atom. The van der Waals surface area contributed by atoms with Crippen LogP contribution in [0, 0.1) is 5.92 Å². The Labute approximate surface area is 110 Å². The van der Waals surface area contributed by atoms with E-state index >= 15 is 0 Å². The predicted molar refractivity (Wildman–Crippen MR) is 70.0 cm³/mol. The van der Waals surface area contributed by atoms with E-state index in [1.807, 2.05) is 20.8 Å². The van der Waals surface area contributed by atoms with Crippen LogP contribution < -0.4 is 5.73 Å². The van der Waals surface area contributed by atoms with Gasteiger partial charge in [0, 0.05) is 5.92 Å². The topological polar surface area (TPSA) is 73.4 Å². The number of aliphatic imine (C=N–C) groups is 1. The molecule has 0 bridgehead atoms. The highest BCUT2D eigenvalue weighted by Gasteiger charge is 2.13. The van der Waals surface area contributed by atoms with E-state index in [0.717, 1.165) is 0 Å². The quantitative estimate of drug-likeness (QED) is 0.399. The van der Waals surface area contributed by atoms with E-state index in [4.69, 9.17) is 33.7 Å². The molecule has 5 nitrogen and oxygen atoms in total. The summed E-state index contributed by atoms with van der Waals surface area (Å²) in [6.45, 7) is 6.30. The Morgan fingerprint density at radius 1 is 1.41 bits per heavy atom. The normalized spacial score (nSPS) is 12.0. The monoisotopic (exact) mass is 276 g/mol. The number of hydrogen-bond donors (Lipinski definition) is 1. The third-order valence-electron chi connectivity index (χ3n) is 1.85. The molecule has 0 unspecified atom stereocenters. The van der Waals surface area contributed by atoms with Gasteiger partial charge in [0.25, 0.3) is 0 Å². The van der Waals surface area contributed by atoms with Crippen molar-refractivity contribution in [2.45, 2.75) is 20.8 Å². The molecule has 0 amide bonds. The molecule has 1 heterocycles. The van der Waals surface area contributed by atoms with E-state index in [2.05, 4.69) is 15.0 Å². The van der Waals surface area contributed by atoms with Crippen molar-refractivity contribution in [2.24, 2.45) is 10.9 Å². The highest BCUT2D eigenvalue weighted by atomic mass is 35.5. The maximum atomic E-state index is 5.91. The van der Waals surface area contributed by atoms with Crippen molar-refractivity contribution in [1.29, 1.82) is 0 Å². The lowest BCUT2D eigenvalue weighted by Crippen LogP contribution is -2.12. The molecular formula is C10H14Cl2N4O. The average molecular weight is 277 g/mol. The SMILES string of the molecule is CCO/C(=N\c1c(N)nc(Cl)nc1Cl)C(C)C. The summed E-state index contributed by atoms with van der Waals surface area (Å²) in [5, 5.41) is 0.106. The van der Waals surface area contributed by atoms with Crippen molar-refractivity contribution in [3.8, 4) is 0 Å². The zero-order chi connectivity index (χ0) is 13.0. The maximum absolute atomic E-state index is 5.91. The van der Waals surface area contributed by atoms with Gasteiger partial charge in [-0.3, -0.25) is 0 Å². The van der Waals surface area contributed by atoms with Crippen molar-refractivity contribution >= 4 is 40.6 Å². The molecule has 0 aromatic carbocycles. The highest BCUT2D eigenvalue weighted by molar-refractivity contribution is 6.34. The fourth-order valence-electron chi connectivity index (χ4n) is 1.11. The van der Waals surface area contributed by atoms with Gasteiger partial charge in [-0.1, -0.05) is 25.4 Å². The van der Waals surface area contributed by atoms with E-state index < -0.39 is 0 Å². The first-order valence-electron chi connectivity index (χ1n) is 5.15. The number of nitrogens with zero attached hydrogens (tertiary/aromatic N) is 3. The largest absolute Gasteiger partial charge is 0.481 e. The van der Waals surface area contributed by atoms with Gasteiger partial charge >= 0.3 is 0 Å². The fraction of sp³-hybridized carbons (Fsp3) is 0.500. The lowest BCUT2D eigenvalue weighted by atomic mass is 10.2. The van der Waals surface area contributed by atoms with Gasteiger partial charge in [-0.2, -0.15) is 4.98 Å². The molecule has 0 aliphatic heterocycles. The van der Waals surface area contributed by atoms with Crippen molar-refractivity contribution in [3.05, 3.63) is 10.4 Å². The summed E-state index contributed by atoms with van der Waals surface area (Å²) in [5.74, 6) is 0.779. The summed E-state index contributed by atoms with van der Waals surface area (Å²) in [6.07, 6.45) is 0. The average Bonchev–Trinajstić information content (AvgIpc) is 2.21. The molecule has 0 spiro atoms. The van der Waals surface area contributed by atoms with Crippen LogP contribution in [-0.4, -0.2) is 22.5 Å². The van der Waals surface area contributed by atoms with Crippen molar-refractivity contribution in [2.75, 3.05) is 12.3 Å². The van der Waals surface area contributed by atoms with Gasteiger partial charge in [-0.15, -0.1) is 0 Å². The number of nitrogen functional groups attached to an aromatic ring is 1. The van der Waals surface area contributed by atoms with Crippen molar-refractivity contribution < 1.29 is 4.74 Å². The first kappa shape index (κ1) is 14.0. The summed E-state index contributed by atoms with van der Waals surface area (Å²) in [4.78, 5) is 11.8. The zero-order valence-corrected chi connectivity index (χ0v) is 11.4. The molecule has 0 radical (unpaired) electrons. The molecule has 0 aliphatic rings. The number of nitrogens with two attached hydrogens (primary N) is 1. The minimum absolute atomic E-state index is 0.00560. The van der Waals surface area contributed by atoms with Crippen LogP contribution in [-0.2, 0) is 4.74 Å². The summed E-state index contributed by atoms with van der Waals surface area (Å²) >= 11 is 11.5. The second-order valence-electron chi connectivity index (χ2n) is 3.56. The Bertz CT molecular complexity index is 411. The first-order valence-corrected chi connectivity index (χ1v) is 5.91. The van der Waals surface area contributed by atoms with E-state index in [-0.39, 0.29) is 27.9 Å². The maximum Gasteiger partial charge on any atom is 0.225 e. The fourth-order valence-corrected chi connectivity index (χ4v) is 1.54. The molecular weight excluding hydrogens is 263 g/mol. The van der Waals surface area contributed by atoms with Gasteiger partial charge in [-0.05, 0) is 18.5 Å². The van der Waals surface area contributed by atoms with E-state index in [1.54, 1.807) is 0 Å². The Morgan fingerprint density at radius 3 is 2.53 bits per heavy atom. The molecule has 17 heavy (non-hydrogen) atoms. The van der Waals surface area contributed by atoms with Crippen molar-refractivity contribution in [1.82, 2.24) is 9.97 Å². The smallest absolute Gasteiger partial charge is 0.225 e. The van der Waals surface area contributed by atoms with E-state index in [1.165, 1.54) is 0 Å². The molecule has 0 saturated heterocycles. The molecule has 0 aliphatic carbocycles. The Kier molecular flexibility index (Phi) is 4.96. The standard InChI is InChI=1S/C10H14Cl2N4O/c1-4-17-9(5(2)3)14-6-7(11)15-10(12)16-8(6)13/h5H,4H2,1-3H3,(H2,13,15,16)/b14-9-. The number of rotatable bonds is 3. The molecule has 94 valence electrons. The van der Waals surface area contributed by atoms with Crippen LogP contribution in [0.2, 0.25) is 10.4 Å².